The Bertz CT molecular complexity index is 646. The first-order chi connectivity index (χ1) is 11.8. The Balaban J connectivity index is 1.28. The third-order valence-electron chi connectivity index (χ3n) is 5.13. The van der Waals surface area contributed by atoms with Gasteiger partial charge in [0.2, 0.25) is 0 Å². The number of anilines is 1. The van der Waals surface area contributed by atoms with E-state index < -0.39 is 0 Å². The maximum Gasteiger partial charge on any atom is 0.124 e. The molecular weight excluding hydrogens is 307 g/mol. The molecule has 0 amide bonds. The zero-order valence-corrected chi connectivity index (χ0v) is 13.7. The van der Waals surface area contributed by atoms with Crippen LogP contribution in [0.3, 0.4) is 0 Å². The number of fused-ring (bicyclic) bond motifs is 1. The number of hydrogen-bond donors (Lipinski definition) is 1. The Morgan fingerprint density at radius 1 is 1.12 bits per heavy atom. The maximum atomic E-state index is 12.9. The van der Waals surface area contributed by atoms with E-state index in [0.29, 0.717) is 18.6 Å². The lowest BCUT2D eigenvalue weighted by atomic mass is 9.91. The fraction of sp³-hybridized carbons (Fsp3) is 0.500. The Labute approximate surface area is 141 Å². The summed E-state index contributed by atoms with van der Waals surface area (Å²) in [5.41, 5.74) is 0. The van der Waals surface area contributed by atoms with Crippen LogP contribution in [0.5, 0.6) is 5.75 Å². The molecule has 2 aliphatic heterocycles. The van der Waals surface area contributed by atoms with Crippen LogP contribution in [0.2, 0.25) is 0 Å². The second-order valence-electron chi connectivity index (χ2n) is 6.74. The van der Waals surface area contributed by atoms with Gasteiger partial charge in [-0.15, -0.1) is 0 Å². The summed E-state index contributed by atoms with van der Waals surface area (Å²) in [6.45, 7) is 4.97. The highest BCUT2D eigenvalue weighted by atomic mass is 19.1. The first kappa shape index (κ1) is 15.4. The zero-order chi connectivity index (χ0) is 16.4. The molecular formula is C18H23FN4O. The summed E-state index contributed by atoms with van der Waals surface area (Å²) in [6, 6.07) is 8.94. The maximum absolute atomic E-state index is 12.9. The number of ether oxygens (including phenoxy) is 1. The number of piperidine rings is 1. The molecule has 2 aromatic rings. The minimum Gasteiger partial charge on any atom is -0.493 e. The molecule has 0 spiro atoms. The van der Waals surface area contributed by atoms with Crippen LogP contribution in [0.4, 0.5) is 10.2 Å². The monoisotopic (exact) mass is 330 g/mol. The SMILES string of the molecule is Fc1ccc(OC[C@@H]2CC[C@H]3CN(c4ccn[nH]4)CCN3C2)cc1. The molecule has 0 aliphatic carbocycles. The fourth-order valence-corrected chi connectivity index (χ4v) is 3.78. The van der Waals surface area contributed by atoms with Gasteiger partial charge in [0.1, 0.15) is 17.4 Å². The van der Waals surface area contributed by atoms with Gasteiger partial charge in [-0.3, -0.25) is 10.00 Å². The van der Waals surface area contributed by atoms with Crippen LogP contribution in [-0.2, 0) is 0 Å². The van der Waals surface area contributed by atoms with Crippen molar-refractivity contribution >= 4 is 5.82 Å². The Morgan fingerprint density at radius 3 is 2.79 bits per heavy atom. The molecule has 128 valence electrons. The molecule has 5 nitrogen and oxygen atoms in total. The van der Waals surface area contributed by atoms with Crippen molar-refractivity contribution in [3.63, 3.8) is 0 Å². The number of aromatic nitrogens is 2. The summed E-state index contributed by atoms with van der Waals surface area (Å²) in [4.78, 5) is 4.98. The van der Waals surface area contributed by atoms with Crippen LogP contribution in [0.15, 0.2) is 36.5 Å². The van der Waals surface area contributed by atoms with Crippen LogP contribution in [0, 0.1) is 11.7 Å². The summed E-state index contributed by atoms with van der Waals surface area (Å²) < 4.78 is 18.8. The predicted octanol–water partition coefficient (Wildman–Crippen LogP) is 2.53. The first-order valence-electron chi connectivity index (χ1n) is 8.64. The Kier molecular flexibility index (Phi) is 4.38. The van der Waals surface area contributed by atoms with Crippen molar-refractivity contribution in [1.29, 1.82) is 0 Å². The Morgan fingerprint density at radius 2 is 2.00 bits per heavy atom. The average molecular weight is 330 g/mol. The lowest BCUT2D eigenvalue weighted by molar-refractivity contribution is 0.0727. The van der Waals surface area contributed by atoms with E-state index in [1.165, 1.54) is 25.0 Å². The summed E-state index contributed by atoms with van der Waals surface area (Å²) in [7, 11) is 0. The highest BCUT2D eigenvalue weighted by molar-refractivity contribution is 5.37. The molecule has 4 rings (SSSR count). The van der Waals surface area contributed by atoms with E-state index in [1.54, 1.807) is 12.1 Å². The summed E-state index contributed by atoms with van der Waals surface area (Å²) >= 11 is 0. The summed E-state index contributed by atoms with van der Waals surface area (Å²) in [5, 5.41) is 7.12. The van der Waals surface area contributed by atoms with E-state index in [0.717, 1.165) is 37.7 Å². The van der Waals surface area contributed by atoms with E-state index in [9.17, 15) is 4.39 Å². The van der Waals surface area contributed by atoms with E-state index in [2.05, 4.69) is 20.0 Å². The quantitative estimate of drug-likeness (QED) is 0.936. The van der Waals surface area contributed by atoms with Crippen molar-refractivity contribution in [2.45, 2.75) is 18.9 Å². The van der Waals surface area contributed by atoms with E-state index >= 15 is 0 Å². The number of H-pyrrole nitrogens is 1. The molecule has 0 bridgehead atoms. The van der Waals surface area contributed by atoms with E-state index in [1.807, 2.05) is 12.3 Å². The standard InChI is InChI=1S/C18H23FN4O/c19-15-2-5-17(6-3-15)24-13-14-1-4-16-12-23(10-9-22(16)11-14)18-7-8-20-21-18/h2-3,5-8,14,16H,1,4,9-13H2,(H,20,21)/t14-,16+/m1/s1. The zero-order valence-electron chi connectivity index (χ0n) is 13.7. The highest BCUT2D eigenvalue weighted by Gasteiger charge is 2.33. The van der Waals surface area contributed by atoms with Crippen molar-refractivity contribution < 1.29 is 9.13 Å². The number of rotatable bonds is 4. The molecule has 1 N–H and O–H groups in total. The first-order valence-corrected chi connectivity index (χ1v) is 8.64. The number of nitrogens with one attached hydrogen (secondary N) is 1. The number of aromatic amines is 1. The van der Waals surface area contributed by atoms with Gasteiger partial charge in [-0.05, 0) is 37.1 Å². The largest absolute Gasteiger partial charge is 0.493 e. The third kappa shape index (κ3) is 3.38. The lowest BCUT2D eigenvalue weighted by Crippen LogP contribution is -2.57. The summed E-state index contributed by atoms with van der Waals surface area (Å²) in [5.74, 6) is 2.20. The number of hydrogen-bond acceptors (Lipinski definition) is 4. The van der Waals surface area contributed by atoms with Gasteiger partial charge in [-0.1, -0.05) is 0 Å². The molecule has 2 fully saturated rings. The molecule has 2 aliphatic rings. The molecule has 24 heavy (non-hydrogen) atoms. The highest BCUT2D eigenvalue weighted by Crippen LogP contribution is 2.27. The number of piperazine rings is 1. The van der Waals surface area contributed by atoms with Crippen LogP contribution in [-0.4, -0.2) is 53.9 Å². The average Bonchev–Trinajstić information content (AvgIpc) is 3.15. The topological polar surface area (TPSA) is 44.4 Å². The Hall–Kier alpha value is -2.08. The van der Waals surface area contributed by atoms with Gasteiger partial charge >= 0.3 is 0 Å². The minimum atomic E-state index is -0.224. The smallest absolute Gasteiger partial charge is 0.124 e. The van der Waals surface area contributed by atoms with Crippen LogP contribution in [0.1, 0.15) is 12.8 Å². The molecule has 3 heterocycles. The van der Waals surface area contributed by atoms with Gasteiger partial charge in [-0.2, -0.15) is 5.10 Å². The molecule has 0 radical (unpaired) electrons. The molecule has 1 aromatic heterocycles. The molecule has 0 unspecified atom stereocenters. The fourth-order valence-electron chi connectivity index (χ4n) is 3.78. The number of nitrogens with zero attached hydrogens (tertiary/aromatic N) is 3. The van der Waals surface area contributed by atoms with Crippen molar-refractivity contribution in [1.82, 2.24) is 15.1 Å². The minimum absolute atomic E-state index is 0.224. The molecule has 0 saturated carbocycles. The van der Waals surface area contributed by atoms with Gasteiger partial charge in [0.05, 0.1) is 12.8 Å². The van der Waals surface area contributed by atoms with E-state index in [-0.39, 0.29) is 5.82 Å². The number of benzene rings is 1. The second kappa shape index (κ2) is 6.81. The molecule has 1 aromatic carbocycles. The van der Waals surface area contributed by atoms with Crippen LogP contribution in [0.25, 0.3) is 0 Å². The molecule has 6 heteroatoms. The normalized spacial score (nSPS) is 24.6. The van der Waals surface area contributed by atoms with Crippen LogP contribution >= 0.6 is 0 Å². The van der Waals surface area contributed by atoms with E-state index in [4.69, 9.17) is 4.74 Å². The van der Waals surface area contributed by atoms with Crippen molar-refractivity contribution in [3.8, 4) is 5.75 Å². The van der Waals surface area contributed by atoms with Gasteiger partial charge in [0, 0.05) is 44.2 Å². The number of halogens is 1. The van der Waals surface area contributed by atoms with Gasteiger partial charge in [0.25, 0.3) is 0 Å². The predicted molar refractivity (Wildman–Crippen MR) is 90.8 cm³/mol. The van der Waals surface area contributed by atoms with Crippen molar-refractivity contribution in [3.05, 3.63) is 42.3 Å². The van der Waals surface area contributed by atoms with Gasteiger partial charge in [0.15, 0.2) is 0 Å². The van der Waals surface area contributed by atoms with Crippen LogP contribution < -0.4 is 9.64 Å². The van der Waals surface area contributed by atoms with Crippen molar-refractivity contribution in [2.75, 3.05) is 37.7 Å². The van der Waals surface area contributed by atoms with Gasteiger partial charge < -0.3 is 9.64 Å². The molecule has 2 atom stereocenters. The van der Waals surface area contributed by atoms with Crippen molar-refractivity contribution in [2.24, 2.45) is 5.92 Å². The third-order valence-corrected chi connectivity index (χ3v) is 5.13. The molecule has 2 saturated heterocycles. The second-order valence-corrected chi connectivity index (χ2v) is 6.74. The lowest BCUT2D eigenvalue weighted by Gasteiger charge is -2.46. The van der Waals surface area contributed by atoms with Gasteiger partial charge in [-0.25, -0.2) is 4.39 Å². The summed E-state index contributed by atoms with van der Waals surface area (Å²) in [6.07, 6.45) is 4.19.